The quantitative estimate of drug-likeness (QED) is 0.668. The molecule has 0 spiro atoms. The number of carbonyl (C=O) groups is 1. The molecule has 0 N–H and O–H groups in total. The second kappa shape index (κ2) is 6.41. The molecule has 0 atom stereocenters. The standard InChI is InChI=1S/C20H19N3OS/c1-14-6-7-15-8-10-23(18(15)12-14)19(24)16-4-3-5-17(13-16)22-11-9-21-20(22)25-2/h3-7,9,11-13H,8,10H2,1-2H3. The van der Waals surface area contributed by atoms with Crippen molar-refractivity contribution in [2.24, 2.45) is 0 Å². The molecule has 0 fully saturated rings. The van der Waals surface area contributed by atoms with Crippen molar-refractivity contribution >= 4 is 23.4 Å². The van der Waals surface area contributed by atoms with Crippen molar-refractivity contribution in [1.82, 2.24) is 9.55 Å². The van der Waals surface area contributed by atoms with Crippen LogP contribution in [0.5, 0.6) is 0 Å². The summed E-state index contributed by atoms with van der Waals surface area (Å²) in [5.41, 5.74) is 5.12. The summed E-state index contributed by atoms with van der Waals surface area (Å²) < 4.78 is 2.00. The molecular weight excluding hydrogens is 330 g/mol. The first-order chi connectivity index (χ1) is 12.2. The van der Waals surface area contributed by atoms with E-state index in [4.69, 9.17) is 0 Å². The van der Waals surface area contributed by atoms with Gasteiger partial charge in [0.05, 0.1) is 0 Å². The van der Waals surface area contributed by atoms with Gasteiger partial charge in [-0.2, -0.15) is 0 Å². The molecule has 1 aromatic heterocycles. The Morgan fingerprint density at radius 3 is 2.92 bits per heavy atom. The summed E-state index contributed by atoms with van der Waals surface area (Å²) in [5.74, 6) is 0.0528. The van der Waals surface area contributed by atoms with Gasteiger partial charge in [0.15, 0.2) is 5.16 Å². The predicted molar refractivity (Wildman–Crippen MR) is 102 cm³/mol. The van der Waals surface area contributed by atoms with E-state index < -0.39 is 0 Å². The third-order valence-electron chi connectivity index (χ3n) is 4.54. The molecule has 4 nitrogen and oxygen atoms in total. The summed E-state index contributed by atoms with van der Waals surface area (Å²) in [6.07, 6.45) is 6.61. The largest absolute Gasteiger partial charge is 0.308 e. The van der Waals surface area contributed by atoms with Crippen molar-refractivity contribution in [2.75, 3.05) is 17.7 Å². The highest BCUT2D eigenvalue weighted by Crippen LogP contribution is 2.30. The van der Waals surface area contributed by atoms with Crippen LogP contribution >= 0.6 is 11.8 Å². The Kier molecular flexibility index (Phi) is 4.09. The first kappa shape index (κ1) is 16.0. The fraction of sp³-hybridized carbons (Fsp3) is 0.200. The fourth-order valence-corrected chi connectivity index (χ4v) is 3.81. The SMILES string of the molecule is CSc1nccn1-c1cccc(C(=O)N2CCc3ccc(C)cc32)c1. The lowest BCUT2D eigenvalue weighted by molar-refractivity contribution is 0.0989. The second-order valence-electron chi connectivity index (χ2n) is 6.17. The van der Waals surface area contributed by atoms with Crippen LogP contribution in [0.2, 0.25) is 0 Å². The molecule has 1 aliphatic heterocycles. The molecule has 126 valence electrons. The van der Waals surface area contributed by atoms with Crippen molar-refractivity contribution in [2.45, 2.75) is 18.5 Å². The molecule has 4 rings (SSSR count). The molecule has 0 saturated heterocycles. The minimum Gasteiger partial charge on any atom is -0.308 e. The van der Waals surface area contributed by atoms with E-state index in [1.165, 1.54) is 11.1 Å². The zero-order valence-electron chi connectivity index (χ0n) is 14.3. The van der Waals surface area contributed by atoms with Gasteiger partial charge < -0.3 is 4.90 Å². The molecule has 5 heteroatoms. The topological polar surface area (TPSA) is 38.1 Å². The van der Waals surface area contributed by atoms with E-state index in [1.54, 1.807) is 18.0 Å². The number of hydrogen-bond acceptors (Lipinski definition) is 3. The number of aryl methyl sites for hydroxylation is 1. The van der Waals surface area contributed by atoms with Crippen molar-refractivity contribution in [3.63, 3.8) is 0 Å². The molecule has 1 aliphatic rings. The first-order valence-electron chi connectivity index (χ1n) is 8.26. The number of hydrogen-bond donors (Lipinski definition) is 0. The Morgan fingerprint density at radius 2 is 2.08 bits per heavy atom. The van der Waals surface area contributed by atoms with E-state index in [9.17, 15) is 4.79 Å². The van der Waals surface area contributed by atoms with Gasteiger partial charge in [-0.15, -0.1) is 0 Å². The lowest BCUT2D eigenvalue weighted by Gasteiger charge is -2.18. The number of anilines is 1. The molecule has 0 bridgehead atoms. The maximum Gasteiger partial charge on any atom is 0.258 e. The van der Waals surface area contributed by atoms with E-state index in [1.807, 2.05) is 46.2 Å². The van der Waals surface area contributed by atoms with Gasteiger partial charge in [0.25, 0.3) is 5.91 Å². The normalized spacial score (nSPS) is 13.1. The summed E-state index contributed by atoms with van der Waals surface area (Å²) >= 11 is 1.59. The smallest absolute Gasteiger partial charge is 0.258 e. The van der Waals surface area contributed by atoms with Crippen LogP contribution in [0, 0.1) is 6.92 Å². The van der Waals surface area contributed by atoms with Crippen molar-refractivity contribution in [1.29, 1.82) is 0 Å². The molecule has 0 radical (unpaired) electrons. The number of rotatable bonds is 3. The maximum atomic E-state index is 13.1. The molecule has 3 aromatic rings. The van der Waals surface area contributed by atoms with Crippen LogP contribution in [-0.2, 0) is 6.42 Å². The van der Waals surface area contributed by atoms with Crippen LogP contribution in [0.3, 0.4) is 0 Å². The summed E-state index contributed by atoms with van der Waals surface area (Å²) in [5, 5.41) is 0.909. The van der Waals surface area contributed by atoms with Crippen molar-refractivity contribution < 1.29 is 4.79 Å². The molecular formula is C20H19N3OS. The number of fused-ring (bicyclic) bond motifs is 1. The van der Waals surface area contributed by atoms with E-state index in [-0.39, 0.29) is 5.91 Å². The Balaban J connectivity index is 1.69. The number of amides is 1. The first-order valence-corrected chi connectivity index (χ1v) is 9.49. The van der Waals surface area contributed by atoms with Crippen LogP contribution < -0.4 is 4.90 Å². The summed E-state index contributed by atoms with van der Waals surface area (Å²) in [7, 11) is 0. The molecule has 0 aliphatic carbocycles. The highest BCUT2D eigenvalue weighted by Gasteiger charge is 2.25. The average Bonchev–Trinajstić information content (AvgIpc) is 3.27. The minimum absolute atomic E-state index is 0.0528. The number of aromatic nitrogens is 2. The lowest BCUT2D eigenvalue weighted by Crippen LogP contribution is -2.29. The molecule has 25 heavy (non-hydrogen) atoms. The van der Waals surface area contributed by atoms with Gasteiger partial charge >= 0.3 is 0 Å². The van der Waals surface area contributed by atoms with Crippen LogP contribution in [0.25, 0.3) is 5.69 Å². The predicted octanol–water partition coefficient (Wildman–Crippen LogP) is 4.11. The zero-order valence-corrected chi connectivity index (χ0v) is 15.1. The molecule has 0 saturated carbocycles. The van der Waals surface area contributed by atoms with Crippen LogP contribution in [-0.4, -0.2) is 28.3 Å². The Labute approximate surface area is 151 Å². The van der Waals surface area contributed by atoms with Crippen LogP contribution in [0.1, 0.15) is 21.5 Å². The van der Waals surface area contributed by atoms with Gasteiger partial charge in [-0.05, 0) is 55.0 Å². The zero-order chi connectivity index (χ0) is 17.4. The number of nitrogens with zero attached hydrogens (tertiary/aromatic N) is 3. The molecule has 2 aromatic carbocycles. The van der Waals surface area contributed by atoms with Gasteiger partial charge in [-0.1, -0.05) is 30.0 Å². The third kappa shape index (κ3) is 2.85. The highest BCUT2D eigenvalue weighted by molar-refractivity contribution is 7.98. The lowest BCUT2D eigenvalue weighted by atomic mass is 10.1. The van der Waals surface area contributed by atoms with Crippen LogP contribution in [0.15, 0.2) is 60.0 Å². The number of carbonyl (C=O) groups excluding carboxylic acids is 1. The highest BCUT2D eigenvalue weighted by atomic mass is 32.2. The minimum atomic E-state index is 0.0528. The number of benzene rings is 2. The van der Waals surface area contributed by atoms with E-state index in [2.05, 4.69) is 30.1 Å². The van der Waals surface area contributed by atoms with E-state index in [0.717, 1.165) is 29.5 Å². The summed E-state index contributed by atoms with van der Waals surface area (Å²) in [6, 6.07) is 14.1. The number of thioether (sulfide) groups is 1. The molecule has 1 amide bonds. The van der Waals surface area contributed by atoms with Gasteiger partial charge in [0.2, 0.25) is 0 Å². The van der Waals surface area contributed by atoms with Gasteiger partial charge in [0, 0.05) is 35.9 Å². The van der Waals surface area contributed by atoms with Gasteiger partial charge in [-0.3, -0.25) is 9.36 Å². The molecule has 0 unspecified atom stereocenters. The van der Waals surface area contributed by atoms with Crippen molar-refractivity contribution in [3.05, 3.63) is 71.5 Å². The number of imidazole rings is 1. The summed E-state index contributed by atoms with van der Waals surface area (Å²) in [4.78, 5) is 19.3. The maximum absolute atomic E-state index is 13.1. The molecule has 2 heterocycles. The van der Waals surface area contributed by atoms with Gasteiger partial charge in [0.1, 0.15) is 0 Å². The van der Waals surface area contributed by atoms with E-state index in [0.29, 0.717) is 5.56 Å². The Hall–Kier alpha value is -2.53. The Morgan fingerprint density at radius 1 is 1.20 bits per heavy atom. The van der Waals surface area contributed by atoms with Crippen molar-refractivity contribution in [3.8, 4) is 5.69 Å². The average molecular weight is 349 g/mol. The van der Waals surface area contributed by atoms with Gasteiger partial charge in [-0.25, -0.2) is 4.98 Å². The van der Waals surface area contributed by atoms with Crippen LogP contribution in [0.4, 0.5) is 5.69 Å². The third-order valence-corrected chi connectivity index (χ3v) is 5.21. The monoisotopic (exact) mass is 349 g/mol. The summed E-state index contributed by atoms with van der Waals surface area (Å²) in [6.45, 7) is 2.80. The van der Waals surface area contributed by atoms with E-state index >= 15 is 0 Å². The fourth-order valence-electron chi connectivity index (χ4n) is 3.28. The second-order valence-corrected chi connectivity index (χ2v) is 6.95. The Bertz CT molecular complexity index is 948.